The number of methoxy groups -OCH3 is 1. The predicted octanol–water partition coefficient (Wildman–Crippen LogP) is 5.48. The summed E-state index contributed by atoms with van der Waals surface area (Å²) < 4.78 is 11.7. The Hall–Kier alpha value is -2.04. The van der Waals surface area contributed by atoms with Crippen LogP contribution in [-0.4, -0.2) is 55.7 Å². The van der Waals surface area contributed by atoms with Gasteiger partial charge < -0.3 is 14.4 Å². The Labute approximate surface area is 193 Å². The molecule has 0 spiro atoms. The minimum Gasteiger partial charge on any atom is -0.497 e. The summed E-state index contributed by atoms with van der Waals surface area (Å²) in [6, 6.07) is 16.8. The number of benzene rings is 2. The average Bonchev–Trinajstić information content (AvgIpc) is 3.31. The van der Waals surface area contributed by atoms with Gasteiger partial charge in [-0.15, -0.1) is 0 Å². The van der Waals surface area contributed by atoms with Crippen LogP contribution in [0.5, 0.6) is 11.5 Å². The van der Waals surface area contributed by atoms with Crippen molar-refractivity contribution in [3.8, 4) is 11.5 Å². The molecule has 32 heavy (non-hydrogen) atoms. The molecule has 2 fully saturated rings. The molecule has 0 amide bonds. The third kappa shape index (κ3) is 4.40. The molecule has 0 bridgehead atoms. The van der Waals surface area contributed by atoms with Gasteiger partial charge in [0.05, 0.1) is 13.7 Å². The van der Waals surface area contributed by atoms with Crippen LogP contribution in [0, 0.1) is 5.92 Å². The van der Waals surface area contributed by atoms with Crippen molar-refractivity contribution in [2.24, 2.45) is 5.92 Å². The summed E-state index contributed by atoms with van der Waals surface area (Å²) in [6.07, 6.45) is 5.05. The minimum atomic E-state index is 0.416. The van der Waals surface area contributed by atoms with Crippen LogP contribution in [0.1, 0.15) is 68.2 Å². The van der Waals surface area contributed by atoms with E-state index in [4.69, 9.17) is 9.47 Å². The van der Waals surface area contributed by atoms with E-state index in [9.17, 15) is 0 Å². The summed E-state index contributed by atoms with van der Waals surface area (Å²) in [5.41, 5.74) is 4.35. The third-order valence-corrected chi connectivity index (χ3v) is 7.96. The largest absolute Gasteiger partial charge is 0.497 e. The van der Waals surface area contributed by atoms with Gasteiger partial charge in [-0.2, -0.15) is 0 Å². The van der Waals surface area contributed by atoms with Gasteiger partial charge in [0.25, 0.3) is 0 Å². The van der Waals surface area contributed by atoms with Gasteiger partial charge in [0.2, 0.25) is 0 Å². The van der Waals surface area contributed by atoms with Gasteiger partial charge in [0, 0.05) is 24.5 Å². The molecule has 172 valence electrons. The average molecular weight is 435 g/mol. The van der Waals surface area contributed by atoms with Crippen molar-refractivity contribution in [1.29, 1.82) is 0 Å². The molecule has 2 aromatic rings. The van der Waals surface area contributed by atoms with Gasteiger partial charge in [0.1, 0.15) is 11.5 Å². The first-order valence-electron chi connectivity index (χ1n) is 12.5. The first kappa shape index (κ1) is 21.8. The Kier molecular flexibility index (Phi) is 6.43. The molecule has 4 nitrogen and oxygen atoms in total. The van der Waals surface area contributed by atoms with Crippen molar-refractivity contribution < 1.29 is 9.47 Å². The first-order valence-corrected chi connectivity index (χ1v) is 12.5. The number of nitrogens with zero attached hydrogens (tertiary/aromatic N) is 2. The second-order valence-corrected chi connectivity index (χ2v) is 10.2. The van der Waals surface area contributed by atoms with E-state index in [0.717, 1.165) is 24.7 Å². The molecule has 0 aliphatic carbocycles. The van der Waals surface area contributed by atoms with Crippen LogP contribution in [0.25, 0.3) is 0 Å². The highest BCUT2D eigenvalue weighted by atomic mass is 16.5. The van der Waals surface area contributed by atoms with E-state index >= 15 is 0 Å². The van der Waals surface area contributed by atoms with E-state index in [2.05, 4.69) is 66.1 Å². The molecular formula is C28H38N2O2. The van der Waals surface area contributed by atoms with Crippen LogP contribution in [0.4, 0.5) is 0 Å². The first-order chi connectivity index (χ1) is 15.6. The molecule has 3 aliphatic rings. The number of piperidine rings is 1. The van der Waals surface area contributed by atoms with E-state index in [0.29, 0.717) is 23.9 Å². The lowest BCUT2D eigenvalue weighted by molar-refractivity contribution is 0.119. The monoisotopic (exact) mass is 434 g/mol. The van der Waals surface area contributed by atoms with Gasteiger partial charge in [-0.1, -0.05) is 18.2 Å². The topological polar surface area (TPSA) is 24.9 Å². The number of hydrogen-bond acceptors (Lipinski definition) is 4. The zero-order chi connectivity index (χ0) is 22.1. The maximum absolute atomic E-state index is 6.37. The molecule has 2 aromatic carbocycles. The van der Waals surface area contributed by atoms with Crippen molar-refractivity contribution in [3.05, 3.63) is 59.2 Å². The van der Waals surface area contributed by atoms with Gasteiger partial charge >= 0.3 is 0 Å². The quantitative estimate of drug-likeness (QED) is 0.601. The standard InChI is InChI=1S/C28H38N2O2/c1-20(2)29-15-12-21(13-16-29)19-32-24-10-11-25-26(17-24)28-5-4-14-30(28)18-27(25)22-6-8-23(31-3)9-7-22/h6-11,17,20-21,27-28H,4-5,12-16,18-19H2,1-3H3/t27-,28+/m1/s1. The molecule has 0 N–H and O–H groups in total. The Morgan fingerprint density at radius 2 is 1.66 bits per heavy atom. The molecule has 4 heteroatoms. The van der Waals surface area contributed by atoms with Crippen LogP contribution < -0.4 is 9.47 Å². The number of fused-ring (bicyclic) bond motifs is 3. The van der Waals surface area contributed by atoms with E-state index in [1.54, 1.807) is 7.11 Å². The molecule has 5 rings (SSSR count). The summed E-state index contributed by atoms with van der Waals surface area (Å²) in [5.74, 6) is 3.07. The van der Waals surface area contributed by atoms with Crippen LogP contribution in [0.15, 0.2) is 42.5 Å². The number of hydrogen-bond donors (Lipinski definition) is 0. The van der Waals surface area contributed by atoms with Crippen molar-refractivity contribution >= 4 is 0 Å². The van der Waals surface area contributed by atoms with E-state index in [1.165, 1.54) is 62.0 Å². The summed E-state index contributed by atoms with van der Waals surface area (Å²) in [4.78, 5) is 5.27. The molecule has 0 aromatic heterocycles. The fourth-order valence-electron chi connectivity index (χ4n) is 5.95. The van der Waals surface area contributed by atoms with Crippen molar-refractivity contribution in [3.63, 3.8) is 0 Å². The lowest BCUT2D eigenvalue weighted by Crippen LogP contribution is -2.39. The number of ether oxygens (including phenoxy) is 2. The zero-order valence-corrected chi connectivity index (χ0v) is 19.9. The highest BCUT2D eigenvalue weighted by Gasteiger charge is 2.36. The maximum atomic E-state index is 6.37. The van der Waals surface area contributed by atoms with Crippen molar-refractivity contribution in [2.75, 3.05) is 39.9 Å². The fraction of sp³-hybridized carbons (Fsp3) is 0.571. The summed E-state index contributed by atoms with van der Waals surface area (Å²) in [5, 5.41) is 0. The molecule has 3 heterocycles. The molecule has 2 saturated heterocycles. The Morgan fingerprint density at radius 1 is 0.906 bits per heavy atom. The molecule has 0 unspecified atom stereocenters. The minimum absolute atomic E-state index is 0.416. The highest BCUT2D eigenvalue weighted by Crippen LogP contribution is 2.45. The Bertz CT molecular complexity index is 902. The Balaban J connectivity index is 1.32. The van der Waals surface area contributed by atoms with Crippen molar-refractivity contribution in [2.45, 2.75) is 57.5 Å². The molecule has 2 atom stereocenters. The number of likely N-dealkylation sites (tertiary alicyclic amines) is 1. The molecule has 3 aliphatic heterocycles. The van der Waals surface area contributed by atoms with Crippen LogP contribution in [0.2, 0.25) is 0 Å². The molecule has 0 saturated carbocycles. The smallest absolute Gasteiger partial charge is 0.119 e. The fourth-order valence-corrected chi connectivity index (χ4v) is 5.95. The highest BCUT2D eigenvalue weighted by molar-refractivity contribution is 5.47. The normalized spacial score (nSPS) is 24.4. The van der Waals surface area contributed by atoms with Gasteiger partial charge in [-0.05, 0) is 106 Å². The molecular weight excluding hydrogens is 396 g/mol. The van der Waals surface area contributed by atoms with Gasteiger partial charge in [-0.3, -0.25) is 4.90 Å². The second kappa shape index (κ2) is 9.44. The summed E-state index contributed by atoms with van der Waals surface area (Å²) in [6.45, 7) is 10.2. The van der Waals surface area contributed by atoms with E-state index < -0.39 is 0 Å². The second-order valence-electron chi connectivity index (χ2n) is 10.2. The van der Waals surface area contributed by atoms with Gasteiger partial charge in [0.15, 0.2) is 0 Å². The van der Waals surface area contributed by atoms with Gasteiger partial charge in [-0.25, -0.2) is 0 Å². The Morgan fingerprint density at radius 3 is 2.38 bits per heavy atom. The number of rotatable bonds is 6. The van der Waals surface area contributed by atoms with E-state index in [-0.39, 0.29) is 0 Å². The van der Waals surface area contributed by atoms with Crippen molar-refractivity contribution in [1.82, 2.24) is 9.80 Å². The lowest BCUT2D eigenvalue weighted by atomic mass is 9.81. The van der Waals surface area contributed by atoms with Crippen LogP contribution in [0.3, 0.4) is 0 Å². The maximum Gasteiger partial charge on any atom is 0.119 e. The van der Waals surface area contributed by atoms with E-state index in [1.807, 2.05) is 0 Å². The van der Waals surface area contributed by atoms with Crippen LogP contribution in [-0.2, 0) is 0 Å². The molecule has 0 radical (unpaired) electrons. The zero-order valence-electron chi connectivity index (χ0n) is 19.9. The SMILES string of the molecule is COc1ccc([C@H]2CN3CCC[C@H]3c3cc(OCC4CCN(C(C)C)CC4)ccc32)cc1. The van der Waals surface area contributed by atoms with Crippen LogP contribution >= 0.6 is 0 Å². The third-order valence-electron chi connectivity index (χ3n) is 7.96. The summed E-state index contributed by atoms with van der Waals surface area (Å²) >= 11 is 0. The lowest BCUT2D eigenvalue weighted by Gasteiger charge is -2.38. The predicted molar refractivity (Wildman–Crippen MR) is 130 cm³/mol. The summed E-state index contributed by atoms with van der Waals surface area (Å²) in [7, 11) is 1.73.